The van der Waals surface area contributed by atoms with E-state index in [1.165, 1.54) is 25.3 Å². The Morgan fingerprint density at radius 1 is 0.906 bits per heavy atom. The number of hydrogen-bond acceptors (Lipinski definition) is 6. The molecular weight excluding hydrogens is 404 g/mol. The van der Waals surface area contributed by atoms with Crippen LogP contribution in [0.2, 0.25) is 0 Å². The number of carbonyl (C=O) groups is 1. The number of ether oxygens (including phenoxy) is 2. The molecule has 1 aromatic heterocycles. The molecule has 3 heterocycles. The molecule has 1 fully saturated rings. The zero-order chi connectivity index (χ0) is 21.8. The molecule has 5 rings (SSSR count). The summed E-state index contributed by atoms with van der Waals surface area (Å²) in [5.41, 5.74) is 3.35. The minimum absolute atomic E-state index is 0.207. The largest absolute Gasteiger partial charge is 0.454 e. The zero-order valence-electron chi connectivity index (χ0n) is 17.7. The molecule has 0 radical (unpaired) electrons. The van der Waals surface area contributed by atoms with Crippen molar-refractivity contribution in [2.75, 3.05) is 30.1 Å². The molecule has 1 amide bonds. The first-order chi connectivity index (χ1) is 15.7. The molecule has 0 bridgehead atoms. The summed E-state index contributed by atoms with van der Waals surface area (Å²) >= 11 is 0. The van der Waals surface area contributed by atoms with Crippen LogP contribution in [0.25, 0.3) is 17.3 Å². The van der Waals surface area contributed by atoms with Crippen LogP contribution in [0.1, 0.15) is 24.8 Å². The second-order valence-electron chi connectivity index (χ2n) is 7.84. The number of rotatable bonds is 5. The Balaban J connectivity index is 1.19. The normalized spacial score (nSPS) is 15.2. The maximum Gasteiger partial charge on any atom is 0.248 e. The summed E-state index contributed by atoms with van der Waals surface area (Å²) in [5.74, 6) is 2.14. The van der Waals surface area contributed by atoms with Crippen LogP contribution >= 0.6 is 0 Å². The van der Waals surface area contributed by atoms with Gasteiger partial charge in [-0.15, -0.1) is 10.2 Å². The van der Waals surface area contributed by atoms with Crippen molar-refractivity contribution < 1.29 is 14.3 Å². The smallest absolute Gasteiger partial charge is 0.248 e. The maximum atomic E-state index is 12.3. The van der Waals surface area contributed by atoms with E-state index in [1.54, 1.807) is 6.08 Å². The third-order valence-electron chi connectivity index (χ3n) is 5.60. The lowest BCUT2D eigenvalue weighted by atomic mass is 10.1. The van der Waals surface area contributed by atoms with E-state index in [4.69, 9.17) is 9.47 Å². The monoisotopic (exact) mass is 428 g/mol. The van der Waals surface area contributed by atoms with Crippen LogP contribution in [0, 0.1) is 0 Å². The van der Waals surface area contributed by atoms with Crippen molar-refractivity contribution in [3.05, 3.63) is 66.2 Å². The van der Waals surface area contributed by atoms with Gasteiger partial charge in [-0.05, 0) is 67.3 Å². The highest BCUT2D eigenvalue weighted by Gasteiger charge is 2.13. The van der Waals surface area contributed by atoms with Gasteiger partial charge in [0.05, 0.1) is 5.69 Å². The van der Waals surface area contributed by atoms with Crippen LogP contribution in [0.5, 0.6) is 11.5 Å². The number of fused-ring (bicyclic) bond motifs is 1. The van der Waals surface area contributed by atoms with Gasteiger partial charge in [-0.3, -0.25) is 4.79 Å². The van der Waals surface area contributed by atoms with Crippen molar-refractivity contribution in [2.45, 2.75) is 19.3 Å². The molecule has 1 N–H and O–H groups in total. The Kier molecular flexibility index (Phi) is 5.70. The van der Waals surface area contributed by atoms with E-state index in [0.29, 0.717) is 11.4 Å². The average Bonchev–Trinajstić information content (AvgIpc) is 3.32. The predicted molar refractivity (Wildman–Crippen MR) is 124 cm³/mol. The summed E-state index contributed by atoms with van der Waals surface area (Å²) < 4.78 is 10.7. The van der Waals surface area contributed by atoms with Crippen LogP contribution < -0.4 is 19.7 Å². The number of benzene rings is 2. The van der Waals surface area contributed by atoms with Crippen molar-refractivity contribution in [1.29, 1.82) is 0 Å². The van der Waals surface area contributed by atoms with Crippen molar-refractivity contribution in [3.63, 3.8) is 0 Å². The van der Waals surface area contributed by atoms with E-state index in [0.717, 1.165) is 41.5 Å². The van der Waals surface area contributed by atoms with E-state index in [9.17, 15) is 4.79 Å². The Morgan fingerprint density at radius 2 is 1.72 bits per heavy atom. The Hall–Kier alpha value is -3.87. The lowest BCUT2D eigenvalue weighted by molar-refractivity contribution is -0.111. The lowest BCUT2D eigenvalue weighted by Gasteiger charge is -2.27. The van der Waals surface area contributed by atoms with Gasteiger partial charge in [-0.1, -0.05) is 18.2 Å². The quantitative estimate of drug-likeness (QED) is 0.603. The first-order valence-electron chi connectivity index (χ1n) is 10.8. The molecule has 7 nitrogen and oxygen atoms in total. The number of anilines is 2. The van der Waals surface area contributed by atoms with E-state index in [2.05, 4.69) is 20.4 Å². The molecule has 7 heteroatoms. The van der Waals surface area contributed by atoms with Crippen LogP contribution in [0.3, 0.4) is 0 Å². The van der Waals surface area contributed by atoms with Gasteiger partial charge in [0, 0.05) is 30.4 Å². The van der Waals surface area contributed by atoms with Gasteiger partial charge in [0.2, 0.25) is 12.7 Å². The SMILES string of the molecule is O=C(/C=C/c1ccc2c(c1)OCO2)Nc1ccc(-c2ccc(N3CCCCC3)nn2)cc1. The summed E-state index contributed by atoms with van der Waals surface area (Å²) in [4.78, 5) is 14.6. The molecule has 0 atom stereocenters. The van der Waals surface area contributed by atoms with Crippen molar-refractivity contribution in [3.8, 4) is 22.8 Å². The summed E-state index contributed by atoms with van der Waals surface area (Å²) in [7, 11) is 0. The molecule has 0 unspecified atom stereocenters. The van der Waals surface area contributed by atoms with Crippen LogP contribution in [-0.2, 0) is 4.79 Å². The highest BCUT2D eigenvalue weighted by molar-refractivity contribution is 6.02. The molecule has 0 saturated carbocycles. The van der Waals surface area contributed by atoms with Gasteiger partial charge in [0.15, 0.2) is 17.3 Å². The molecule has 162 valence electrons. The van der Waals surface area contributed by atoms with Gasteiger partial charge in [-0.2, -0.15) is 0 Å². The van der Waals surface area contributed by atoms with Gasteiger partial charge < -0.3 is 19.7 Å². The predicted octanol–water partition coefficient (Wildman–Crippen LogP) is 4.51. The zero-order valence-corrected chi connectivity index (χ0v) is 17.7. The Bertz CT molecular complexity index is 1120. The van der Waals surface area contributed by atoms with Crippen molar-refractivity contribution in [1.82, 2.24) is 10.2 Å². The molecule has 0 spiro atoms. The fraction of sp³-hybridized carbons (Fsp3) is 0.240. The molecule has 0 aliphatic carbocycles. The van der Waals surface area contributed by atoms with E-state index in [-0.39, 0.29) is 12.7 Å². The van der Waals surface area contributed by atoms with Gasteiger partial charge in [-0.25, -0.2) is 0 Å². The molecule has 32 heavy (non-hydrogen) atoms. The number of carbonyl (C=O) groups excluding carboxylic acids is 1. The summed E-state index contributed by atoms with van der Waals surface area (Å²) in [6.45, 7) is 2.32. The molecular formula is C25H24N4O3. The minimum atomic E-state index is -0.207. The van der Waals surface area contributed by atoms with E-state index in [1.807, 2.05) is 54.6 Å². The van der Waals surface area contributed by atoms with Crippen molar-refractivity contribution >= 4 is 23.5 Å². The highest BCUT2D eigenvalue weighted by Crippen LogP contribution is 2.32. The molecule has 2 aliphatic rings. The molecule has 2 aromatic carbocycles. The number of piperidine rings is 1. The summed E-state index contributed by atoms with van der Waals surface area (Å²) in [6, 6.07) is 17.2. The summed E-state index contributed by atoms with van der Waals surface area (Å²) in [5, 5.41) is 11.7. The molecule has 1 saturated heterocycles. The second kappa shape index (κ2) is 9.09. The second-order valence-corrected chi connectivity index (χ2v) is 7.84. The number of nitrogens with one attached hydrogen (secondary N) is 1. The number of nitrogens with zero attached hydrogens (tertiary/aromatic N) is 3. The first-order valence-corrected chi connectivity index (χ1v) is 10.8. The fourth-order valence-corrected chi connectivity index (χ4v) is 3.87. The highest BCUT2D eigenvalue weighted by atomic mass is 16.7. The Morgan fingerprint density at radius 3 is 2.50 bits per heavy atom. The minimum Gasteiger partial charge on any atom is -0.454 e. The van der Waals surface area contributed by atoms with Crippen molar-refractivity contribution in [2.24, 2.45) is 0 Å². The fourth-order valence-electron chi connectivity index (χ4n) is 3.87. The first kappa shape index (κ1) is 20.1. The third-order valence-corrected chi connectivity index (χ3v) is 5.60. The molecule has 2 aliphatic heterocycles. The standard InChI is InChI=1S/C25H24N4O3/c30-25(13-5-18-4-11-22-23(16-18)32-17-31-22)26-20-8-6-19(7-9-20)21-10-12-24(28-27-21)29-14-2-1-3-15-29/h4-13,16H,1-3,14-15,17H2,(H,26,30)/b13-5+. The van der Waals surface area contributed by atoms with Crippen LogP contribution in [-0.4, -0.2) is 36.0 Å². The summed E-state index contributed by atoms with van der Waals surface area (Å²) in [6.07, 6.45) is 6.95. The lowest BCUT2D eigenvalue weighted by Crippen LogP contribution is -2.30. The van der Waals surface area contributed by atoms with Crippen LogP contribution in [0.4, 0.5) is 11.5 Å². The van der Waals surface area contributed by atoms with Gasteiger partial charge in [0.25, 0.3) is 0 Å². The topological polar surface area (TPSA) is 76.6 Å². The number of hydrogen-bond donors (Lipinski definition) is 1. The van der Waals surface area contributed by atoms with Gasteiger partial charge >= 0.3 is 0 Å². The van der Waals surface area contributed by atoms with Gasteiger partial charge in [0.1, 0.15) is 0 Å². The van der Waals surface area contributed by atoms with E-state index < -0.39 is 0 Å². The maximum absolute atomic E-state index is 12.3. The number of amides is 1. The molecule has 3 aromatic rings. The Labute approximate surface area is 186 Å². The van der Waals surface area contributed by atoms with Crippen LogP contribution in [0.15, 0.2) is 60.7 Å². The average molecular weight is 428 g/mol. The number of aromatic nitrogens is 2. The van der Waals surface area contributed by atoms with E-state index >= 15 is 0 Å². The third kappa shape index (κ3) is 4.56.